The standard InChI is InChI=1S/C31H35N3O2/c1-30(2,3)22-15-18-28(36-6)27(19-22)34-29(35)33-26-17-16-23(24-9-7-8-10-25(24)26)20-11-13-21(14-12-20)31(4,5)32/h7-19H,32H2,1-6H3,(H2,33,34,35). The minimum atomic E-state index is -0.392. The van der Waals surface area contributed by atoms with Gasteiger partial charge in [0.05, 0.1) is 18.5 Å². The minimum Gasteiger partial charge on any atom is -0.495 e. The number of ether oxygens (including phenoxy) is 1. The van der Waals surface area contributed by atoms with E-state index >= 15 is 0 Å². The van der Waals surface area contributed by atoms with Crippen LogP contribution in [0.25, 0.3) is 21.9 Å². The molecule has 2 amide bonds. The van der Waals surface area contributed by atoms with Crippen LogP contribution in [0.1, 0.15) is 45.7 Å². The van der Waals surface area contributed by atoms with Crippen molar-refractivity contribution in [1.29, 1.82) is 0 Å². The summed E-state index contributed by atoms with van der Waals surface area (Å²) in [5.41, 5.74) is 11.6. The second-order valence-electron chi connectivity index (χ2n) is 10.7. The molecule has 5 nitrogen and oxygen atoms in total. The summed E-state index contributed by atoms with van der Waals surface area (Å²) >= 11 is 0. The van der Waals surface area contributed by atoms with Crippen molar-refractivity contribution >= 4 is 28.2 Å². The topological polar surface area (TPSA) is 76.4 Å². The van der Waals surface area contributed by atoms with Gasteiger partial charge in [0.2, 0.25) is 0 Å². The number of hydrogen-bond donors (Lipinski definition) is 3. The first-order valence-electron chi connectivity index (χ1n) is 12.2. The van der Waals surface area contributed by atoms with Gasteiger partial charge in [-0.25, -0.2) is 4.79 Å². The number of urea groups is 1. The summed E-state index contributed by atoms with van der Waals surface area (Å²) in [5, 5.41) is 8.01. The van der Waals surface area contributed by atoms with Crippen molar-refractivity contribution in [2.24, 2.45) is 5.73 Å². The van der Waals surface area contributed by atoms with Gasteiger partial charge in [0.25, 0.3) is 0 Å². The number of amides is 2. The largest absolute Gasteiger partial charge is 0.495 e. The lowest BCUT2D eigenvalue weighted by Crippen LogP contribution is -2.28. The second-order valence-corrected chi connectivity index (χ2v) is 10.7. The molecule has 36 heavy (non-hydrogen) atoms. The van der Waals surface area contributed by atoms with Crippen molar-refractivity contribution in [2.45, 2.75) is 45.6 Å². The average molecular weight is 482 g/mol. The Hall–Kier alpha value is -3.83. The van der Waals surface area contributed by atoms with E-state index in [0.717, 1.165) is 38.7 Å². The van der Waals surface area contributed by atoms with E-state index in [1.807, 2.05) is 62.4 Å². The zero-order valence-electron chi connectivity index (χ0n) is 21.9. The summed E-state index contributed by atoms with van der Waals surface area (Å²) < 4.78 is 5.48. The van der Waals surface area contributed by atoms with Crippen molar-refractivity contribution in [1.82, 2.24) is 0 Å². The molecule has 4 aromatic rings. The van der Waals surface area contributed by atoms with Crippen LogP contribution in [0.3, 0.4) is 0 Å². The molecule has 0 saturated carbocycles. The van der Waals surface area contributed by atoms with Gasteiger partial charge < -0.3 is 21.1 Å². The second kappa shape index (κ2) is 9.67. The first-order valence-corrected chi connectivity index (χ1v) is 12.2. The van der Waals surface area contributed by atoms with Gasteiger partial charge in [-0.05, 0) is 65.1 Å². The molecule has 0 aliphatic heterocycles. The van der Waals surface area contributed by atoms with Gasteiger partial charge in [0, 0.05) is 10.9 Å². The Labute approximate surface area is 213 Å². The number of methoxy groups -OCH3 is 1. The van der Waals surface area contributed by atoms with Crippen LogP contribution in [-0.4, -0.2) is 13.1 Å². The number of hydrogen-bond acceptors (Lipinski definition) is 3. The Balaban J connectivity index is 1.64. The highest BCUT2D eigenvalue weighted by Crippen LogP contribution is 2.35. The molecule has 0 aliphatic rings. The van der Waals surface area contributed by atoms with Crippen molar-refractivity contribution < 1.29 is 9.53 Å². The van der Waals surface area contributed by atoms with Crippen LogP contribution >= 0.6 is 0 Å². The van der Waals surface area contributed by atoms with Gasteiger partial charge in [-0.3, -0.25) is 0 Å². The van der Waals surface area contributed by atoms with E-state index < -0.39 is 5.54 Å². The van der Waals surface area contributed by atoms with Crippen molar-refractivity contribution in [3.05, 3.63) is 90.0 Å². The molecule has 4 N–H and O–H groups in total. The number of rotatable bonds is 5. The van der Waals surface area contributed by atoms with Gasteiger partial charge in [-0.2, -0.15) is 0 Å². The number of benzene rings is 4. The fraction of sp³-hybridized carbons (Fsp3) is 0.258. The zero-order chi connectivity index (χ0) is 26.1. The summed E-state index contributed by atoms with van der Waals surface area (Å²) in [6, 6.07) is 26.0. The van der Waals surface area contributed by atoms with Gasteiger partial charge in [-0.1, -0.05) is 81.4 Å². The van der Waals surface area contributed by atoms with Crippen LogP contribution in [0.4, 0.5) is 16.2 Å². The predicted octanol–water partition coefficient (Wildman–Crippen LogP) is 7.65. The summed E-state index contributed by atoms with van der Waals surface area (Å²) in [5.74, 6) is 0.613. The Morgan fingerprint density at radius 1 is 0.750 bits per heavy atom. The van der Waals surface area contributed by atoms with Crippen LogP contribution in [0.15, 0.2) is 78.9 Å². The third kappa shape index (κ3) is 5.37. The molecule has 0 heterocycles. The summed E-state index contributed by atoms with van der Waals surface area (Å²) in [7, 11) is 1.60. The summed E-state index contributed by atoms with van der Waals surface area (Å²) in [4.78, 5) is 13.1. The van der Waals surface area contributed by atoms with Crippen LogP contribution in [0, 0.1) is 0 Å². The first kappa shape index (κ1) is 25.3. The van der Waals surface area contributed by atoms with E-state index in [1.54, 1.807) is 7.11 Å². The fourth-order valence-electron chi connectivity index (χ4n) is 4.29. The molecule has 5 heteroatoms. The molecule has 4 rings (SSSR count). The van der Waals surface area contributed by atoms with Gasteiger partial charge in [-0.15, -0.1) is 0 Å². The highest BCUT2D eigenvalue weighted by atomic mass is 16.5. The highest BCUT2D eigenvalue weighted by Gasteiger charge is 2.18. The average Bonchev–Trinajstić information content (AvgIpc) is 2.83. The molecule has 0 atom stereocenters. The van der Waals surface area contributed by atoms with E-state index in [4.69, 9.17) is 10.5 Å². The van der Waals surface area contributed by atoms with E-state index in [2.05, 4.69) is 61.7 Å². The van der Waals surface area contributed by atoms with Crippen molar-refractivity contribution in [2.75, 3.05) is 17.7 Å². The molecule has 0 bridgehead atoms. The quantitative estimate of drug-likeness (QED) is 0.274. The lowest BCUT2D eigenvalue weighted by Gasteiger charge is -2.21. The lowest BCUT2D eigenvalue weighted by atomic mass is 9.87. The van der Waals surface area contributed by atoms with Crippen LogP contribution < -0.4 is 21.1 Å². The molecule has 0 radical (unpaired) electrons. The zero-order valence-corrected chi connectivity index (χ0v) is 21.9. The van der Waals surface area contributed by atoms with Crippen LogP contribution in [0.2, 0.25) is 0 Å². The van der Waals surface area contributed by atoms with Crippen LogP contribution in [-0.2, 0) is 11.0 Å². The number of carbonyl (C=O) groups is 1. The Bertz CT molecular complexity index is 1390. The molecule has 0 aromatic heterocycles. The number of anilines is 2. The Kier molecular flexibility index (Phi) is 6.79. The maximum absolute atomic E-state index is 13.1. The smallest absolute Gasteiger partial charge is 0.323 e. The van der Waals surface area contributed by atoms with Crippen molar-refractivity contribution in [3.63, 3.8) is 0 Å². The van der Waals surface area contributed by atoms with Gasteiger partial charge in [0.15, 0.2) is 0 Å². The maximum atomic E-state index is 13.1. The van der Waals surface area contributed by atoms with Gasteiger partial charge >= 0.3 is 6.03 Å². The Morgan fingerprint density at radius 2 is 1.36 bits per heavy atom. The molecular weight excluding hydrogens is 446 g/mol. The molecule has 0 spiro atoms. The van der Waals surface area contributed by atoms with Gasteiger partial charge in [0.1, 0.15) is 5.75 Å². The molecule has 0 unspecified atom stereocenters. The lowest BCUT2D eigenvalue weighted by molar-refractivity contribution is 0.262. The SMILES string of the molecule is COc1ccc(C(C)(C)C)cc1NC(=O)Nc1ccc(-c2ccc(C(C)(C)N)cc2)c2ccccc12. The minimum absolute atomic E-state index is 0.0523. The summed E-state index contributed by atoms with van der Waals surface area (Å²) in [6.07, 6.45) is 0. The molecule has 186 valence electrons. The van der Waals surface area contributed by atoms with E-state index in [9.17, 15) is 4.79 Å². The fourth-order valence-corrected chi connectivity index (χ4v) is 4.29. The van der Waals surface area contributed by atoms with E-state index in [-0.39, 0.29) is 11.4 Å². The van der Waals surface area contributed by atoms with E-state index in [0.29, 0.717) is 11.4 Å². The number of carbonyl (C=O) groups excluding carboxylic acids is 1. The third-order valence-corrected chi connectivity index (χ3v) is 6.43. The van der Waals surface area contributed by atoms with E-state index in [1.165, 1.54) is 0 Å². The highest BCUT2D eigenvalue weighted by molar-refractivity contribution is 6.10. The number of nitrogens with one attached hydrogen (secondary N) is 2. The van der Waals surface area contributed by atoms with Crippen molar-refractivity contribution in [3.8, 4) is 16.9 Å². The molecule has 0 fully saturated rings. The third-order valence-electron chi connectivity index (χ3n) is 6.43. The molecule has 0 saturated heterocycles. The predicted molar refractivity (Wildman–Crippen MR) is 151 cm³/mol. The monoisotopic (exact) mass is 481 g/mol. The number of fused-ring (bicyclic) bond motifs is 1. The normalized spacial score (nSPS) is 11.9. The molecule has 4 aromatic carbocycles. The molecular formula is C31H35N3O2. The summed E-state index contributed by atoms with van der Waals surface area (Å²) in [6.45, 7) is 10.4. The first-order chi connectivity index (χ1) is 17.0. The number of nitrogens with two attached hydrogens (primary N) is 1. The molecule has 0 aliphatic carbocycles. The van der Waals surface area contributed by atoms with Crippen LogP contribution in [0.5, 0.6) is 5.75 Å². The Morgan fingerprint density at radius 3 is 1.97 bits per heavy atom. The maximum Gasteiger partial charge on any atom is 0.323 e.